The molecule has 2 atom stereocenters. The van der Waals surface area contributed by atoms with E-state index >= 15 is 0 Å². The smallest absolute Gasteiger partial charge is 0.143 e. The van der Waals surface area contributed by atoms with E-state index in [1.165, 1.54) is 40.0 Å². The van der Waals surface area contributed by atoms with Crippen LogP contribution in [0.3, 0.4) is 0 Å². The van der Waals surface area contributed by atoms with Gasteiger partial charge in [-0.25, -0.2) is 4.98 Å². The number of hydrogen-bond acceptors (Lipinski definition) is 3. The first-order chi connectivity index (χ1) is 16.8. The minimum atomic E-state index is -1.09. The molecule has 35 heavy (non-hydrogen) atoms. The molecular weight excluding hydrogens is 448 g/mol. The van der Waals surface area contributed by atoms with Crippen LogP contribution >= 0.6 is 0 Å². The van der Waals surface area contributed by atoms with Gasteiger partial charge in [0.2, 0.25) is 0 Å². The fourth-order valence-corrected chi connectivity index (χ4v) is 6.25. The van der Waals surface area contributed by atoms with Crippen molar-refractivity contribution in [2.24, 2.45) is 5.92 Å². The van der Waals surface area contributed by atoms with Gasteiger partial charge >= 0.3 is 0 Å². The summed E-state index contributed by atoms with van der Waals surface area (Å²) in [5.74, 6) is 0.631. The van der Waals surface area contributed by atoms with Crippen LogP contribution in [-0.4, -0.2) is 46.8 Å². The van der Waals surface area contributed by atoms with Gasteiger partial charge in [-0.15, -0.1) is 0 Å². The third-order valence-corrected chi connectivity index (χ3v) is 9.29. The number of benzene rings is 1. The summed E-state index contributed by atoms with van der Waals surface area (Å²) in [7, 11) is -1.09. The van der Waals surface area contributed by atoms with Gasteiger partial charge in [0.1, 0.15) is 12.4 Å². The van der Waals surface area contributed by atoms with E-state index in [1.54, 1.807) is 0 Å². The van der Waals surface area contributed by atoms with Gasteiger partial charge < -0.3 is 13.9 Å². The number of aryl methyl sites for hydroxylation is 1. The highest BCUT2D eigenvalue weighted by Crippen LogP contribution is 2.36. The first-order valence-corrected chi connectivity index (χ1v) is 16.8. The minimum Gasteiger partial charge on any atom is -0.361 e. The van der Waals surface area contributed by atoms with E-state index in [2.05, 4.69) is 102 Å². The van der Waals surface area contributed by atoms with Gasteiger partial charge in [-0.3, -0.25) is 4.90 Å². The van der Waals surface area contributed by atoms with Crippen LogP contribution in [0, 0.1) is 12.8 Å². The summed E-state index contributed by atoms with van der Waals surface area (Å²) < 4.78 is 10.8. The number of fused-ring (bicyclic) bond motifs is 3. The number of piperidine rings is 1. The fraction of sp³-hybridized carbons (Fsp3) is 0.483. The number of likely N-dealkylation sites (tertiary alicyclic amines) is 1. The maximum Gasteiger partial charge on any atom is 0.143 e. The third kappa shape index (κ3) is 5.25. The van der Waals surface area contributed by atoms with Gasteiger partial charge in [-0.2, -0.15) is 0 Å². The zero-order chi connectivity index (χ0) is 24.6. The highest BCUT2D eigenvalue weighted by molar-refractivity contribution is 6.76. The largest absolute Gasteiger partial charge is 0.361 e. The van der Waals surface area contributed by atoms with Crippen LogP contribution < -0.4 is 0 Å². The van der Waals surface area contributed by atoms with Gasteiger partial charge in [0.05, 0.1) is 5.52 Å². The van der Waals surface area contributed by atoms with Crippen molar-refractivity contribution < 1.29 is 4.74 Å². The molecule has 186 valence electrons. The maximum absolute atomic E-state index is 6.06. The molecule has 0 bridgehead atoms. The second-order valence-corrected chi connectivity index (χ2v) is 17.3. The lowest BCUT2D eigenvalue weighted by molar-refractivity contribution is 0.0899. The van der Waals surface area contributed by atoms with Crippen molar-refractivity contribution in [1.82, 2.24) is 19.0 Å². The lowest BCUT2D eigenvalue weighted by Crippen LogP contribution is -2.40. The van der Waals surface area contributed by atoms with E-state index in [0.29, 0.717) is 18.7 Å². The number of nitrogens with zero attached hydrogens (tertiary/aromatic N) is 4. The quantitative estimate of drug-likeness (QED) is 0.205. The Hall–Kier alpha value is -2.41. The van der Waals surface area contributed by atoms with Gasteiger partial charge in [0.15, 0.2) is 0 Å². The molecule has 0 unspecified atom stereocenters. The average Bonchev–Trinajstić information content (AvgIpc) is 3.38. The Labute approximate surface area is 210 Å². The fourth-order valence-electron chi connectivity index (χ4n) is 5.49. The topological polar surface area (TPSA) is 35.2 Å². The van der Waals surface area contributed by atoms with Crippen molar-refractivity contribution >= 4 is 30.0 Å². The van der Waals surface area contributed by atoms with Crippen LogP contribution in [0.25, 0.3) is 21.9 Å². The SMILES string of the molecule is Cc1cc2cnc3c(ccn3COCC[Si](C)(C)C)c2n1[C@H]1CN(Cc2ccccc2)CC[C@H]1C. The standard InChI is InChI=1S/C29H40N4OSi/c1-22-11-13-31(19-24-9-7-6-8-10-24)20-27(22)33-23(2)17-25-18-30-29-26(28(25)33)12-14-32(29)21-34-15-16-35(3,4)5/h6-10,12,14,17-18,22,27H,11,13,15-16,19-21H2,1-5H3/t22-,27+/m1/s1. The van der Waals surface area contributed by atoms with Crippen molar-refractivity contribution in [3.63, 3.8) is 0 Å². The number of rotatable bonds is 8. The summed E-state index contributed by atoms with van der Waals surface area (Å²) in [6.07, 6.45) is 5.41. The number of hydrogen-bond donors (Lipinski definition) is 0. The molecule has 1 saturated heterocycles. The Bertz CT molecular complexity index is 1290. The van der Waals surface area contributed by atoms with Crippen molar-refractivity contribution in [2.75, 3.05) is 19.7 Å². The molecule has 0 spiro atoms. The zero-order valence-electron chi connectivity index (χ0n) is 22.0. The Balaban J connectivity index is 1.43. The molecule has 6 heteroatoms. The lowest BCUT2D eigenvalue weighted by Gasteiger charge is -2.39. The van der Waals surface area contributed by atoms with Crippen molar-refractivity contribution in [1.29, 1.82) is 0 Å². The summed E-state index contributed by atoms with van der Waals surface area (Å²) in [5, 5.41) is 2.47. The van der Waals surface area contributed by atoms with E-state index in [1.807, 2.05) is 0 Å². The van der Waals surface area contributed by atoms with Crippen molar-refractivity contribution in [2.45, 2.75) is 65.3 Å². The highest BCUT2D eigenvalue weighted by Gasteiger charge is 2.30. The molecule has 0 N–H and O–H groups in total. The Kier molecular flexibility index (Phi) is 6.88. The molecule has 1 aliphatic rings. The van der Waals surface area contributed by atoms with Crippen LogP contribution in [0.15, 0.2) is 54.9 Å². The third-order valence-electron chi connectivity index (χ3n) is 7.58. The number of aromatic nitrogens is 3. The van der Waals surface area contributed by atoms with E-state index < -0.39 is 8.07 Å². The molecule has 4 heterocycles. The van der Waals surface area contributed by atoms with Gasteiger partial charge in [0.25, 0.3) is 0 Å². The Morgan fingerprint density at radius 3 is 2.69 bits per heavy atom. The molecule has 1 fully saturated rings. The first kappa shape index (κ1) is 24.3. The number of ether oxygens (including phenoxy) is 1. The Morgan fingerprint density at radius 2 is 1.91 bits per heavy atom. The van der Waals surface area contributed by atoms with Crippen LogP contribution in [0.1, 0.15) is 30.6 Å². The van der Waals surface area contributed by atoms with E-state index in [-0.39, 0.29) is 0 Å². The molecule has 0 amide bonds. The molecule has 5 rings (SSSR count). The van der Waals surface area contributed by atoms with Crippen LogP contribution in [0.5, 0.6) is 0 Å². The molecule has 1 aromatic carbocycles. The molecule has 0 aliphatic carbocycles. The van der Waals surface area contributed by atoms with E-state index in [4.69, 9.17) is 9.72 Å². The van der Waals surface area contributed by atoms with Crippen molar-refractivity contribution in [3.8, 4) is 0 Å². The van der Waals surface area contributed by atoms with Gasteiger partial charge in [0, 0.05) is 62.7 Å². The molecule has 0 saturated carbocycles. The highest BCUT2D eigenvalue weighted by atomic mass is 28.3. The first-order valence-electron chi connectivity index (χ1n) is 13.1. The van der Waals surface area contributed by atoms with Crippen LogP contribution in [-0.2, 0) is 18.0 Å². The van der Waals surface area contributed by atoms with Gasteiger partial charge in [-0.1, -0.05) is 56.9 Å². The molecular formula is C29H40N4OSi. The summed E-state index contributed by atoms with van der Waals surface area (Å²) >= 11 is 0. The second kappa shape index (κ2) is 9.92. The predicted molar refractivity (Wildman–Crippen MR) is 149 cm³/mol. The summed E-state index contributed by atoms with van der Waals surface area (Å²) in [6.45, 7) is 16.5. The second-order valence-electron chi connectivity index (χ2n) is 11.6. The predicted octanol–water partition coefficient (Wildman–Crippen LogP) is 6.69. The van der Waals surface area contributed by atoms with E-state index in [9.17, 15) is 0 Å². The molecule has 1 aliphatic heterocycles. The van der Waals surface area contributed by atoms with Crippen LogP contribution in [0.2, 0.25) is 25.7 Å². The normalized spacial score (nSPS) is 19.7. The Morgan fingerprint density at radius 1 is 1.11 bits per heavy atom. The molecule has 4 aromatic rings. The summed E-state index contributed by atoms with van der Waals surface area (Å²) in [6, 6.07) is 17.1. The summed E-state index contributed by atoms with van der Waals surface area (Å²) in [4.78, 5) is 7.48. The molecule has 0 radical (unpaired) electrons. The maximum atomic E-state index is 6.06. The van der Waals surface area contributed by atoms with Crippen LogP contribution in [0.4, 0.5) is 0 Å². The van der Waals surface area contributed by atoms with Crippen molar-refractivity contribution in [3.05, 3.63) is 66.1 Å². The zero-order valence-corrected chi connectivity index (χ0v) is 23.0. The summed E-state index contributed by atoms with van der Waals surface area (Å²) in [5.41, 5.74) is 5.07. The van der Waals surface area contributed by atoms with E-state index in [0.717, 1.165) is 31.9 Å². The minimum absolute atomic E-state index is 0.451. The number of pyridine rings is 1. The monoisotopic (exact) mass is 488 g/mol. The lowest BCUT2D eigenvalue weighted by atomic mass is 9.92. The average molecular weight is 489 g/mol. The molecule has 5 nitrogen and oxygen atoms in total. The molecule has 3 aromatic heterocycles. The van der Waals surface area contributed by atoms with Gasteiger partial charge in [-0.05, 0) is 49.5 Å².